The minimum Gasteiger partial charge on any atom is -0.322 e. The van der Waals surface area contributed by atoms with Gasteiger partial charge in [-0.05, 0) is 5.56 Å². The van der Waals surface area contributed by atoms with Crippen molar-refractivity contribution in [3.05, 3.63) is 35.9 Å². The first-order chi connectivity index (χ1) is 6.77. The average molecular weight is 289 g/mol. The molecule has 0 bridgehead atoms. The Balaban J connectivity index is 3.05. The summed E-state index contributed by atoms with van der Waals surface area (Å²) in [5.74, 6) is 0. The number of alkyl halides is 3. The van der Waals surface area contributed by atoms with Crippen LogP contribution in [-0.2, 0) is 4.57 Å². The molecule has 0 aliphatic rings. The summed E-state index contributed by atoms with van der Waals surface area (Å²) >= 11 is 17.0. The Labute approximate surface area is 102 Å². The molecule has 0 spiro atoms. The Morgan fingerprint density at radius 1 is 1.20 bits per heavy atom. The van der Waals surface area contributed by atoms with E-state index in [2.05, 4.69) is 0 Å². The lowest BCUT2D eigenvalue weighted by Crippen LogP contribution is -2.19. The van der Waals surface area contributed by atoms with Gasteiger partial charge in [0.1, 0.15) is 5.38 Å². The summed E-state index contributed by atoms with van der Waals surface area (Å²) in [6.07, 6.45) is 0. The van der Waals surface area contributed by atoms with Gasteiger partial charge in [0.15, 0.2) is 0 Å². The second-order valence-corrected chi connectivity index (χ2v) is 7.05. The summed E-state index contributed by atoms with van der Waals surface area (Å²) in [7, 11) is -4.69. The maximum absolute atomic E-state index is 11.0. The van der Waals surface area contributed by atoms with Gasteiger partial charge in [0.25, 0.3) is 0 Å². The number of hydrogen-bond acceptors (Lipinski definition) is 1. The molecule has 15 heavy (non-hydrogen) atoms. The molecule has 0 radical (unpaired) electrons. The number of halogens is 3. The van der Waals surface area contributed by atoms with Crippen molar-refractivity contribution < 1.29 is 14.4 Å². The number of hydrogen-bond donors (Lipinski definition) is 2. The molecule has 1 atom stereocenters. The number of benzene rings is 1. The van der Waals surface area contributed by atoms with Crippen LogP contribution >= 0.6 is 42.4 Å². The van der Waals surface area contributed by atoms with Crippen LogP contribution in [0, 0.1) is 0 Å². The van der Waals surface area contributed by atoms with E-state index in [1.54, 1.807) is 30.3 Å². The van der Waals surface area contributed by atoms with Gasteiger partial charge >= 0.3 is 7.60 Å². The van der Waals surface area contributed by atoms with Crippen LogP contribution in [0.1, 0.15) is 10.9 Å². The molecule has 1 rings (SSSR count). The molecule has 1 aromatic rings. The average Bonchev–Trinajstić information content (AvgIpc) is 2.16. The largest absolute Gasteiger partial charge is 0.363 e. The Morgan fingerprint density at radius 2 is 1.67 bits per heavy atom. The van der Waals surface area contributed by atoms with Crippen LogP contribution in [0.2, 0.25) is 0 Å². The van der Waals surface area contributed by atoms with Gasteiger partial charge in [-0.1, -0.05) is 53.5 Å². The van der Waals surface area contributed by atoms with E-state index in [-0.39, 0.29) is 0 Å². The smallest absolute Gasteiger partial charge is 0.322 e. The maximum Gasteiger partial charge on any atom is 0.363 e. The second-order valence-electron chi connectivity index (χ2n) is 2.91. The van der Waals surface area contributed by atoms with E-state index >= 15 is 0 Å². The van der Waals surface area contributed by atoms with E-state index in [1.807, 2.05) is 0 Å². The van der Waals surface area contributed by atoms with Crippen molar-refractivity contribution in [3.8, 4) is 0 Å². The van der Waals surface area contributed by atoms with Gasteiger partial charge in [-0.15, -0.1) is 11.6 Å². The minimum absolute atomic E-state index is 0.451. The lowest BCUT2D eigenvalue weighted by molar-refractivity contribution is 0.362. The standard InChI is InChI=1S/C8H8Cl3O3P/c9-7(6-4-2-1-3-5-6)8(10,11)15(12,13)14/h1-5,7H,(H2,12,13,14). The topological polar surface area (TPSA) is 57.5 Å². The maximum atomic E-state index is 11.0. The van der Waals surface area contributed by atoms with Crippen molar-refractivity contribution in [2.45, 2.75) is 9.45 Å². The molecule has 0 aliphatic heterocycles. The van der Waals surface area contributed by atoms with Crippen molar-refractivity contribution in [3.63, 3.8) is 0 Å². The van der Waals surface area contributed by atoms with Crippen LogP contribution in [0.3, 0.4) is 0 Å². The van der Waals surface area contributed by atoms with Crippen molar-refractivity contribution in [1.29, 1.82) is 0 Å². The summed E-state index contributed by atoms with van der Waals surface area (Å²) in [5, 5.41) is -1.18. The monoisotopic (exact) mass is 288 g/mol. The third-order valence-electron chi connectivity index (χ3n) is 1.79. The van der Waals surface area contributed by atoms with Crippen LogP contribution in [0.15, 0.2) is 30.3 Å². The molecule has 7 heteroatoms. The van der Waals surface area contributed by atoms with Crippen LogP contribution in [0.5, 0.6) is 0 Å². The van der Waals surface area contributed by atoms with Gasteiger partial charge < -0.3 is 9.79 Å². The SMILES string of the molecule is O=P(O)(O)C(Cl)(Cl)C(Cl)c1ccccc1. The molecule has 3 nitrogen and oxygen atoms in total. The number of rotatable bonds is 3. The van der Waals surface area contributed by atoms with Crippen LogP contribution in [0.25, 0.3) is 0 Å². The zero-order valence-electron chi connectivity index (χ0n) is 7.35. The van der Waals surface area contributed by atoms with Gasteiger partial charge in [-0.3, -0.25) is 4.57 Å². The molecule has 1 aromatic carbocycles. The predicted molar refractivity (Wildman–Crippen MR) is 61.5 cm³/mol. The van der Waals surface area contributed by atoms with E-state index in [0.717, 1.165) is 0 Å². The van der Waals surface area contributed by atoms with E-state index in [9.17, 15) is 4.57 Å². The van der Waals surface area contributed by atoms with E-state index in [1.165, 1.54) is 0 Å². The highest BCUT2D eigenvalue weighted by Gasteiger charge is 2.50. The highest BCUT2D eigenvalue weighted by Crippen LogP contribution is 2.63. The van der Waals surface area contributed by atoms with Crippen molar-refractivity contribution in [1.82, 2.24) is 0 Å². The Kier molecular flexibility index (Phi) is 4.10. The molecular weight excluding hydrogens is 281 g/mol. The highest BCUT2D eigenvalue weighted by atomic mass is 35.5. The van der Waals surface area contributed by atoms with Gasteiger partial charge in [0.2, 0.25) is 4.07 Å². The molecule has 0 aromatic heterocycles. The van der Waals surface area contributed by atoms with Crippen LogP contribution in [0.4, 0.5) is 0 Å². The first-order valence-electron chi connectivity index (χ1n) is 3.89. The van der Waals surface area contributed by atoms with Gasteiger partial charge in [-0.2, -0.15) is 0 Å². The van der Waals surface area contributed by atoms with Crippen LogP contribution in [-0.4, -0.2) is 13.9 Å². The first-order valence-corrected chi connectivity index (χ1v) is 6.70. The Hall–Kier alpha value is 0.240. The summed E-state index contributed by atoms with van der Waals surface area (Å²) in [6.45, 7) is 0. The quantitative estimate of drug-likeness (QED) is 0.663. The lowest BCUT2D eigenvalue weighted by Gasteiger charge is -2.25. The zero-order chi connectivity index (χ0) is 11.7. The second kappa shape index (κ2) is 4.62. The molecule has 0 heterocycles. The fourth-order valence-electron chi connectivity index (χ4n) is 0.970. The Bertz CT molecular complexity index is 376. The van der Waals surface area contributed by atoms with Gasteiger partial charge in [-0.25, -0.2) is 0 Å². The summed E-state index contributed by atoms with van der Waals surface area (Å²) in [5.41, 5.74) is 0.451. The molecule has 0 amide bonds. The molecule has 84 valence electrons. The van der Waals surface area contributed by atoms with Crippen molar-refractivity contribution in [2.24, 2.45) is 0 Å². The van der Waals surface area contributed by atoms with E-state index < -0.39 is 17.0 Å². The molecule has 0 saturated heterocycles. The first kappa shape index (κ1) is 13.3. The van der Waals surface area contributed by atoms with E-state index in [4.69, 9.17) is 44.6 Å². The fourth-order valence-corrected chi connectivity index (χ4v) is 2.19. The molecule has 0 saturated carbocycles. The van der Waals surface area contributed by atoms with Gasteiger partial charge in [0.05, 0.1) is 0 Å². The lowest BCUT2D eigenvalue weighted by atomic mass is 10.2. The molecule has 0 aliphatic carbocycles. The third-order valence-corrected chi connectivity index (χ3v) is 5.53. The van der Waals surface area contributed by atoms with E-state index in [0.29, 0.717) is 5.56 Å². The normalized spacial score (nSPS) is 15.0. The van der Waals surface area contributed by atoms with Gasteiger partial charge in [0, 0.05) is 0 Å². The zero-order valence-corrected chi connectivity index (χ0v) is 10.5. The minimum atomic E-state index is -4.69. The van der Waals surface area contributed by atoms with Crippen LogP contribution < -0.4 is 0 Å². The highest BCUT2D eigenvalue weighted by molar-refractivity contribution is 7.58. The molecular formula is C8H8Cl3O3P. The summed E-state index contributed by atoms with van der Waals surface area (Å²) in [6, 6.07) is 8.27. The molecule has 0 fully saturated rings. The fraction of sp³-hybridized carbons (Fsp3) is 0.250. The molecule has 2 N–H and O–H groups in total. The predicted octanol–water partition coefficient (Wildman–Crippen LogP) is 3.28. The Morgan fingerprint density at radius 3 is 2.07 bits per heavy atom. The van der Waals surface area contributed by atoms with Crippen molar-refractivity contribution in [2.75, 3.05) is 0 Å². The third kappa shape index (κ3) is 2.88. The summed E-state index contributed by atoms with van der Waals surface area (Å²) < 4.78 is 8.69. The van der Waals surface area contributed by atoms with Crippen molar-refractivity contribution >= 4 is 42.4 Å². The summed E-state index contributed by atoms with van der Waals surface area (Å²) in [4.78, 5) is 17.9. The molecule has 1 unspecified atom stereocenters.